The van der Waals surface area contributed by atoms with E-state index >= 15 is 0 Å². The normalized spacial score (nSPS) is 30.5. The average Bonchev–Trinajstić information content (AvgIpc) is 1.63. The molecule has 0 aromatic carbocycles. The summed E-state index contributed by atoms with van der Waals surface area (Å²) in [6.45, 7) is -2.08. The van der Waals surface area contributed by atoms with Crippen molar-refractivity contribution in [3.8, 4) is 0 Å². The van der Waals surface area contributed by atoms with E-state index in [-0.39, 0.29) is 69.4 Å². The first kappa shape index (κ1) is 74.9. The van der Waals surface area contributed by atoms with Crippen molar-refractivity contribution in [2.24, 2.45) is 0 Å². The lowest BCUT2D eigenvalue weighted by Gasteiger charge is -2.35. The van der Waals surface area contributed by atoms with Crippen LogP contribution in [0.2, 0.25) is 0 Å². The van der Waals surface area contributed by atoms with Gasteiger partial charge in [-0.2, -0.15) is 15.0 Å². The van der Waals surface area contributed by atoms with E-state index in [1.807, 2.05) is 0 Å². The van der Waals surface area contributed by atoms with Gasteiger partial charge in [-0.3, -0.25) is 65.9 Å². The molecule has 12 rings (SSSR count). The van der Waals surface area contributed by atoms with Gasteiger partial charge in [0.15, 0.2) is 64.5 Å². The number of imidazole rings is 3. The Morgan fingerprint density at radius 3 is 1.47 bits per heavy atom. The Kier molecular flexibility index (Phi) is 21.0. The van der Waals surface area contributed by atoms with Gasteiger partial charge in [0, 0.05) is 21.3 Å². The molecule has 5 aliphatic heterocycles. The van der Waals surface area contributed by atoms with Crippen LogP contribution in [0.1, 0.15) is 32.5 Å². The predicted molar refractivity (Wildman–Crippen MR) is 324 cm³/mol. The number of aromatic nitrogens is 14. The number of hydrogen-bond acceptors (Lipinski definition) is 45. The van der Waals surface area contributed by atoms with Crippen molar-refractivity contribution in [3.63, 3.8) is 0 Å². The zero-order valence-corrected chi connectivity index (χ0v) is 57.3. The fourth-order valence-corrected chi connectivity index (χ4v) is 17.1. The van der Waals surface area contributed by atoms with Crippen LogP contribution >= 0.6 is 39.1 Å². The fourth-order valence-electron chi connectivity index (χ4n) is 11.8. The Morgan fingerprint density at radius 1 is 0.529 bits per heavy atom. The summed E-state index contributed by atoms with van der Waals surface area (Å²) >= 11 is 0. The van der Waals surface area contributed by atoms with Gasteiger partial charge in [0.05, 0.1) is 58.2 Å². The van der Waals surface area contributed by atoms with Crippen LogP contribution in [0, 0.1) is 0 Å². The van der Waals surface area contributed by atoms with E-state index in [2.05, 4.69) is 68.0 Å². The summed E-state index contributed by atoms with van der Waals surface area (Å²) in [6.07, 6.45) is -24.6. The number of anilines is 6. The van der Waals surface area contributed by atoms with Crippen LogP contribution in [-0.4, -0.2) is 224 Å². The Morgan fingerprint density at radius 2 is 0.961 bits per heavy atom. The van der Waals surface area contributed by atoms with Crippen molar-refractivity contribution in [1.29, 1.82) is 0 Å². The number of phosphoric ester groups is 4. The lowest BCUT2D eigenvalue weighted by molar-refractivity contribution is -0.253. The van der Waals surface area contributed by atoms with Crippen molar-refractivity contribution < 1.29 is 132 Å². The zero-order valence-electron chi connectivity index (χ0n) is 52.8. The number of aliphatic hydroxyl groups excluding tert-OH is 3. The summed E-state index contributed by atoms with van der Waals surface area (Å²) in [5.74, 6) is -1.36. The van der Waals surface area contributed by atoms with Gasteiger partial charge in [-0.1, -0.05) is 0 Å². The average molecular weight is 1540 g/mol. The molecule has 102 heavy (non-hydrogen) atoms. The molecule has 12 heterocycles. The lowest BCUT2D eigenvalue weighted by atomic mass is 10.1. The Hall–Kier alpha value is -6.84. The van der Waals surface area contributed by atoms with Gasteiger partial charge in [-0.25, -0.2) is 33.5 Å². The minimum Gasteiger partial charge on any atom is -0.756 e. The first-order valence-corrected chi connectivity index (χ1v) is 36.8. The molecule has 0 amide bonds. The number of hydrogen-bond donors (Lipinski definition) is 10. The molecule has 5 aliphatic rings. The van der Waals surface area contributed by atoms with E-state index in [4.69, 9.17) is 78.7 Å². The van der Waals surface area contributed by atoms with E-state index in [0.717, 1.165) is 53.2 Å². The second kappa shape index (κ2) is 28.6. The fraction of sp³-hybridized carbons (Fsp3) is 0.587. The number of rotatable bonds is 28. The Bertz CT molecular complexity index is 4740. The van der Waals surface area contributed by atoms with E-state index in [1.54, 1.807) is 13.8 Å². The molecule has 4 saturated heterocycles. The van der Waals surface area contributed by atoms with Crippen molar-refractivity contribution in [3.05, 3.63) is 56.4 Å². The SMILES string of the molecule is CO[C@H]1C(OP(=O)([O-])OC[C@H]2O[C@@H](n3cnc4c(=O)[nH]c(N)nc43)[C@@H](OC)C2OP(=O)([O-])OC[C@H]2O[C@@H](n3cnc4c(=O)[nH]c(N)nc43)[C@@H](O)C2OC(C)C)[C@@H](COP(=O)([O-])OP(=O)([O-])OP(=O)([O-])OC[C@H]2O[C@@H](N3CN(C)c4c3nc(N)[nH]c4=O)C(O)[C@H]2O)O[C@H]1n1cnc2c(N)ncnc21. The highest BCUT2D eigenvalue weighted by Gasteiger charge is 2.54. The lowest BCUT2D eigenvalue weighted by Crippen LogP contribution is -2.45. The summed E-state index contributed by atoms with van der Waals surface area (Å²) in [7, 11) is -27.8. The van der Waals surface area contributed by atoms with E-state index in [0.29, 0.717) is 0 Å². The van der Waals surface area contributed by atoms with Gasteiger partial charge in [0.25, 0.3) is 55.8 Å². The number of aromatic amines is 3. The van der Waals surface area contributed by atoms with Crippen LogP contribution in [0.3, 0.4) is 0 Å². The molecule has 14 N–H and O–H groups in total. The van der Waals surface area contributed by atoms with Crippen LogP contribution in [0.4, 0.5) is 35.2 Å². The monoisotopic (exact) mass is 1540 g/mol. The maximum absolute atomic E-state index is 14.3. The number of methoxy groups -OCH3 is 2. The predicted octanol–water partition coefficient (Wildman–Crippen LogP) is -7.05. The van der Waals surface area contributed by atoms with Crippen molar-refractivity contribution in [1.82, 2.24) is 68.5 Å². The van der Waals surface area contributed by atoms with E-state index in [1.165, 1.54) is 16.8 Å². The molecule has 9 unspecified atom stereocenters. The minimum absolute atomic E-state index is 0.0197. The summed E-state index contributed by atoms with van der Waals surface area (Å²) in [4.78, 5) is 148. The van der Waals surface area contributed by atoms with Crippen LogP contribution < -0.4 is 73.9 Å². The van der Waals surface area contributed by atoms with Crippen molar-refractivity contribution >= 4 is 108 Å². The van der Waals surface area contributed by atoms with Crippen LogP contribution in [0.25, 0.3) is 33.5 Å². The number of fused-ring (bicyclic) bond motifs is 4. The van der Waals surface area contributed by atoms with Crippen LogP contribution in [-0.2, 0) is 91.7 Å². The largest absolute Gasteiger partial charge is 0.756 e. The third-order valence-corrected chi connectivity index (χ3v) is 22.1. The van der Waals surface area contributed by atoms with Gasteiger partial charge < -0.3 is 133 Å². The smallest absolute Gasteiger partial charge is 0.280 e. The van der Waals surface area contributed by atoms with Gasteiger partial charge in [0.2, 0.25) is 17.8 Å². The summed E-state index contributed by atoms with van der Waals surface area (Å²) < 4.78 is 151. The summed E-state index contributed by atoms with van der Waals surface area (Å²) in [6, 6.07) is 0. The van der Waals surface area contributed by atoms with Gasteiger partial charge in [-0.15, -0.1) is 0 Å². The maximum Gasteiger partial charge on any atom is 0.280 e. The third-order valence-electron chi connectivity index (χ3n) is 16.0. The first-order valence-electron chi connectivity index (χ1n) is 29.5. The quantitative estimate of drug-likeness (QED) is 0.0204. The topological polar surface area (TPSA) is 727 Å². The molecule has 7 aromatic heterocycles. The second-order valence-electron chi connectivity index (χ2n) is 23.1. The molecular weight excluding hydrogens is 1480 g/mol. The number of aliphatic hydroxyl groups is 3. The standard InChI is InChI=1S/C46H65N20O31P5/c1-15(2)89-27-17(91-41(26(27)69)64-12-54-21-34(64)56-44(48)59-37(21)70)7-85-98(73,74)94-28-18(93-43(31(28)84-5)65-13-55-22-35(65)57-45(49)60-38(22)71)8-86-99(75,76)95-29-19(92-42(30(29)83-4)63-11-53-20-32(47)51-10-52-33(20)63)9-88-101(79,80)97-102(81,82)96-100(77,78)87-6-16-24(67)25(68)40(90-16)66-14-62(3)23-36(66)58-46(50)61-39(23)72/h10-13,15-19,24-31,40-43,67-69H,6-9,14H2,1-5H3,(H,73,74)(H,75,76)(H,77,78)(H,79,80)(H,81,82)(H2,47,51,52)(H3,48,56,59,70)(H3,49,57,60,71)(H3,50,58,61,72)/p-5/t16-,17-,18-,19-,24+,25?,26+,27?,28?,29?,30+,31+,40-,41-,42-,43-/m1/s1. The number of nitrogens with two attached hydrogens (primary N) is 4. The molecule has 56 heteroatoms. The number of nitrogens with zero attached hydrogens (tertiary/aromatic N) is 13. The number of ether oxygens (including phenoxy) is 7. The molecule has 0 bridgehead atoms. The molecule has 0 radical (unpaired) electrons. The molecule has 51 nitrogen and oxygen atoms in total. The number of phosphoric acid groups is 5. The molecule has 0 spiro atoms. The summed E-state index contributed by atoms with van der Waals surface area (Å²) in [5.41, 5.74) is 19.9. The van der Waals surface area contributed by atoms with Crippen LogP contribution in [0.15, 0.2) is 39.7 Å². The third kappa shape index (κ3) is 15.2. The zero-order chi connectivity index (χ0) is 73.6. The van der Waals surface area contributed by atoms with Crippen LogP contribution in [0.5, 0.6) is 0 Å². The highest BCUT2D eigenvalue weighted by atomic mass is 31.3. The van der Waals surface area contributed by atoms with Crippen molar-refractivity contribution in [2.75, 3.05) is 87.1 Å². The molecule has 4 fully saturated rings. The van der Waals surface area contributed by atoms with Gasteiger partial charge in [-0.05, 0) is 13.8 Å². The van der Waals surface area contributed by atoms with E-state index in [9.17, 15) is 77.0 Å². The maximum atomic E-state index is 14.3. The first-order chi connectivity index (χ1) is 48.0. The van der Waals surface area contributed by atoms with E-state index < -0.39 is 192 Å². The molecule has 21 atom stereocenters. The second-order valence-corrected chi connectivity index (χ2v) is 30.3. The minimum atomic E-state index is -6.70. The highest BCUT2D eigenvalue weighted by molar-refractivity contribution is 7.65. The molecule has 0 aliphatic carbocycles. The Balaban J connectivity index is 0.752. The molecule has 0 saturated carbocycles. The summed E-state index contributed by atoms with van der Waals surface area (Å²) in [5, 5.41) is 33.2. The molecular formula is C46H60N20O31P5-5. The highest BCUT2D eigenvalue weighted by Crippen LogP contribution is 2.63. The molecule has 560 valence electrons. The number of H-pyrrole nitrogens is 3. The molecule has 7 aromatic rings. The number of nitrogens with one attached hydrogen (secondary N) is 3. The van der Waals surface area contributed by atoms with Crippen molar-refractivity contribution in [2.45, 2.75) is 118 Å². The van der Waals surface area contributed by atoms with Gasteiger partial charge >= 0.3 is 0 Å². The number of nitrogen functional groups attached to an aromatic ring is 4. The Labute approximate surface area is 567 Å². The van der Waals surface area contributed by atoms with Gasteiger partial charge in [0.1, 0.15) is 90.8 Å².